The minimum absolute atomic E-state index is 0.257. The molecule has 4 rings (SSSR count). The lowest BCUT2D eigenvalue weighted by Gasteiger charge is -2.11. The molecule has 0 amide bonds. The summed E-state index contributed by atoms with van der Waals surface area (Å²) in [5.41, 5.74) is 2.61. The van der Waals surface area contributed by atoms with E-state index >= 15 is 0 Å². The van der Waals surface area contributed by atoms with Crippen LogP contribution >= 0.6 is 0 Å². The van der Waals surface area contributed by atoms with Crippen LogP contribution in [-0.4, -0.2) is 39.2 Å². The Kier molecular flexibility index (Phi) is 4.54. The molecule has 0 aliphatic heterocycles. The van der Waals surface area contributed by atoms with E-state index in [0.29, 0.717) is 39.5 Å². The smallest absolute Gasteiger partial charge is 0.326 e. The number of rotatable bonds is 5. The van der Waals surface area contributed by atoms with Gasteiger partial charge in [-0.15, -0.1) is 0 Å². The van der Waals surface area contributed by atoms with Gasteiger partial charge in [0.1, 0.15) is 0 Å². The predicted octanol–water partition coefficient (Wildman–Crippen LogP) is 2.98. The molecule has 2 aromatic carbocycles. The Hall–Kier alpha value is -3.33. The summed E-state index contributed by atoms with van der Waals surface area (Å²) in [5, 5.41) is 0.762. The Morgan fingerprint density at radius 3 is 2.41 bits per heavy atom. The van der Waals surface area contributed by atoms with E-state index in [-0.39, 0.29) is 5.69 Å². The van der Waals surface area contributed by atoms with Gasteiger partial charge >= 0.3 is 5.69 Å². The maximum absolute atomic E-state index is 12.6. The van der Waals surface area contributed by atoms with Crippen LogP contribution < -0.4 is 15.2 Å². The second-order valence-corrected chi connectivity index (χ2v) is 8.91. The van der Waals surface area contributed by atoms with Crippen LogP contribution in [0, 0.1) is 4.78 Å². The number of benzene rings is 2. The minimum Gasteiger partial charge on any atom is -0.493 e. The van der Waals surface area contributed by atoms with Gasteiger partial charge in [0.15, 0.2) is 11.5 Å². The van der Waals surface area contributed by atoms with Crippen molar-refractivity contribution in [3.05, 3.63) is 58.6 Å². The molecule has 2 heterocycles. The summed E-state index contributed by atoms with van der Waals surface area (Å²) in [6, 6.07) is 10.5. The number of imidazole rings is 1. The molecule has 0 aliphatic rings. The number of methoxy groups -OCH3 is 2. The summed E-state index contributed by atoms with van der Waals surface area (Å²) in [7, 11) is 0.339. The van der Waals surface area contributed by atoms with E-state index < -0.39 is 9.73 Å². The highest BCUT2D eigenvalue weighted by Crippen LogP contribution is 2.34. The SMILES string of the molecule is COc1cc2ncc3[nH]c(=O)n(Cc4ccc(S(C)(=N)=O)cc4)c3c2cc1OC. The molecule has 0 fully saturated rings. The van der Waals surface area contributed by atoms with Crippen LogP contribution in [-0.2, 0) is 16.3 Å². The molecule has 0 saturated heterocycles. The van der Waals surface area contributed by atoms with Crippen molar-refractivity contribution in [3.63, 3.8) is 0 Å². The van der Waals surface area contributed by atoms with E-state index in [0.717, 1.165) is 10.9 Å². The normalized spacial score (nSPS) is 13.5. The molecule has 1 unspecified atom stereocenters. The molecule has 2 aromatic heterocycles. The maximum Gasteiger partial charge on any atom is 0.326 e. The molecule has 29 heavy (non-hydrogen) atoms. The molecule has 1 atom stereocenters. The van der Waals surface area contributed by atoms with E-state index in [1.807, 2.05) is 6.07 Å². The van der Waals surface area contributed by atoms with Crippen LogP contribution in [0.4, 0.5) is 0 Å². The maximum atomic E-state index is 12.6. The van der Waals surface area contributed by atoms with Crippen molar-refractivity contribution in [1.29, 1.82) is 4.78 Å². The van der Waals surface area contributed by atoms with Crippen LogP contribution in [0.5, 0.6) is 11.5 Å². The zero-order valence-electron chi connectivity index (χ0n) is 16.2. The first-order valence-corrected chi connectivity index (χ1v) is 10.7. The van der Waals surface area contributed by atoms with Crippen LogP contribution in [0.2, 0.25) is 0 Å². The summed E-state index contributed by atoms with van der Waals surface area (Å²) in [6.45, 7) is 0.315. The number of hydrogen-bond acceptors (Lipinski definition) is 6. The van der Waals surface area contributed by atoms with E-state index in [9.17, 15) is 9.00 Å². The number of fused-ring (bicyclic) bond motifs is 3. The van der Waals surface area contributed by atoms with Gasteiger partial charge in [0, 0.05) is 22.6 Å². The monoisotopic (exact) mass is 412 g/mol. The Labute approximate surface area is 167 Å². The molecular weight excluding hydrogens is 392 g/mol. The topological polar surface area (TPSA) is 110 Å². The molecule has 150 valence electrons. The molecule has 9 heteroatoms. The quantitative estimate of drug-likeness (QED) is 0.524. The van der Waals surface area contributed by atoms with E-state index in [4.69, 9.17) is 14.3 Å². The largest absolute Gasteiger partial charge is 0.493 e. The third kappa shape index (κ3) is 3.33. The van der Waals surface area contributed by atoms with Crippen molar-refractivity contribution in [1.82, 2.24) is 14.5 Å². The molecule has 0 aliphatic carbocycles. The lowest BCUT2D eigenvalue weighted by Crippen LogP contribution is -2.17. The molecule has 0 radical (unpaired) electrons. The highest BCUT2D eigenvalue weighted by molar-refractivity contribution is 7.91. The van der Waals surface area contributed by atoms with E-state index in [1.165, 1.54) is 6.26 Å². The Bertz CT molecular complexity index is 1390. The van der Waals surface area contributed by atoms with E-state index in [1.54, 1.807) is 55.3 Å². The van der Waals surface area contributed by atoms with Crippen molar-refractivity contribution >= 4 is 31.7 Å². The van der Waals surface area contributed by atoms with Crippen molar-refractivity contribution in [3.8, 4) is 11.5 Å². The van der Waals surface area contributed by atoms with Crippen LogP contribution in [0.3, 0.4) is 0 Å². The van der Waals surface area contributed by atoms with Crippen LogP contribution in [0.1, 0.15) is 5.56 Å². The first-order valence-electron chi connectivity index (χ1n) is 8.78. The number of nitrogens with one attached hydrogen (secondary N) is 2. The predicted molar refractivity (Wildman–Crippen MR) is 112 cm³/mol. The molecule has 2 N–H and O–H groups in total. The Morgan fingerprint density at radius 2 is 1.79 bits per heavy atom. The first kappa shape index (κ1) is 19.0. The number of ether oxygens (including phenoxy) is 2. The van der Waals surface area contributed by atoms with Gasteiger partial charge in [0.05, 0.1) is 53.2 Å². The van der Waals surface area contributed by atoms with Crippen molar-refractivity contribution in [2.75, 3.05) is 20.5 Å². The molecule has 0 saturated carbocycles. The molecule has 8 nitrogen and oxygen atoms in total. The summed E-state index contributed by atoms with van der Waals surface area (Å²) < 4.78 is 31.9. The van der Waals surface area contributed by atoms with Gasteiger partial charge in [0.2, 0.25) is 0 Å². The zero-order chi connectivity index (χ0) is 20.8. The summed E-state index contributed by atoms with van der Waals surface area (Å²) in [6.07, 6.45) is 3.00. The number of aromatic nitrogens is 3. The number of H-pyrrole nitrogens is 1. The van der Waals surface area contributed by atoms with Crippen LogP contribution in [0.25, 0.3) is 21.9 Å². The van der Waals surface area contributed by atoms with Gasteiger partial charge in [-0.05, 0) is 23.8 Å². The van der Waals surface area contributed by atoms with Crippen molar-refractivity contribution in [2.24, 2.45) is 0 Å². The third-order valence-electron chi connectivity index (χ3n) is 4.82. The molecule has 4 aromatic rings. The van der Waals surface area contributed by atoms with Crippen LogP contribution in [0.15, 0.2) is 52.3 Å². The molecule has 0 bridgehead atoms. The lowest BCUT2D eigenvalue weighted by molar-refractivity contribution is 0.356. The fraction of sp³-hybridized carbons (Fsp3) is 0.200. The first-order chi connectivity index (χ1) is 13.8. The number of aromatic amines is 1. The summed E-state index contributed by atoms with van der Waals surface area (Å²) in [4.78, 5) is 20.4. The average Bonchev–Trinajstić information content (AvgIpc) is 3.02. The minimum atomic E-state index is -2.78. The highest BCUT2D eigenvalue weighted by Gasteiger charge is 2.15. The van der Waals surface area contributed by atoms with Gasteiger partial charge in [-0.1, -0.05) is 12.1 Å². The molecule has 0 spiro atoms. The van der Waals surface area contributed by atoms with Gasteiger partial charge in [0.25, 0.3) is 0 Å². The lowest BCUT2D eigenvalue weighted by atomic mass is 10.1. The third-order valence-corrected chi connectivity index (χ3v) is 5.99. The van der Waals surface area contributed by atoms with Gasteiger partial charge in [-0.3, -0.25) is 9.55 Å². The fourth-order valence-electron chi connectivity index (χ4n) is 3.36. The van der Waals surface area contributed by atoms with Crippen molar-refractivity contribution in [2.45, 2.75) is 11.4 Å². The Balaban J connectivity index is 1.89. The van der Waals surface area contributed by atoms with Gasteiger partial charge in [-0.25, -0.2) is 13.8 Å². The molecular formula is C20H20N4O4S. The number of nitrogens with zero attached hydrogens (tertiary/aromatic N) is 2. The highest BCUT2D eigenvalue weighted by atomic mass is 32.2. The average molecular weight is 412 g/mol. The zero-order valence-corrected chi connectivity index (χ0v) is 17.0. The fourth-order valence-corrected chi connectivity index (χ4v) is 4.01. The second kappa shape index (κ2) is 6.93. The number of pyridine rings is 1. The second-order valence-electron chi connectivity index (χ2n) is 6.75. The summed E-state index contributed by atoms with van der Waals surface area (Å²) in [5.74, 6) is 1.11. The number of hydrogen-bond donors (Lipinski definition) is 2. The Morgan fingerprint density at radius 1 is 1.14 bits per heavy atom. The van der Waals surface area contributed by atoms with Gasteiger partial charge in [-0.2, -0.15) is 0 Å². The van der Waals surface area contributed by atoms with E-state index in [2.05, 4.69) is 9.97 Å². The van der Waals surface area contributed by atoms with Crippen molar-refractivity contribution < 1.29 is 13.7 Å². The van der Waals surface area contributed by atoms with Gasteiger partial charge < -0.3 is 14.5 Å². The standard InChI is InChI=1S/C20H20N4O4S/c1-27-17-8-14-15(9-18(17)28-2)22-10-16-19(14)24(20(25)23-16)11-12-4-6-13(7-5-12)29(3,21)26/h4-10,21H,11H2,1-3H3,(H,23,25). The summed E-state index contributed by atoms with van der Waals surface area (Å²) >= 11 is 0.